The molecule has 0 fully saturated rings. The minimum atomic E-state index is -0.324. The van der Waals surface area contributed by atoms with Crippen molar-refractivity contribution in [2.75, 3.05) is 0 Å². The van der Waals surface area contributed by atoms with Crippen LogP contribution in [-0.4, -0.2) is 4.98 Å². The molecule has 1 nitrogen and oxygen atoms in total. The van der Waals surface area contributed by atoms with Crippen LogP contribution >= 0.6 is 15.9 Å². The highest BCUT2D eigenvalue weighted by atomic mass is 79.9. The smallest absolute Gasteiger partial charge is 0.131 e. The number of hydrogen-bond acceptors (Lipinski definition) is 1. The topological polar surface area (TPSA) is 12.9 Å². The molecular weight excluding hydrogens is 348 g/mol. The Labute approximate surface area is 135 Å². The number of aromatic nitrogens is 1. The first kappa shape index (κ1) is 14.9. The van der Waals surface area contributed by atoms with E-state index in [2.05, 4.69) is 20.9 Å². The van der Waals surface area contributed by atoms with Crippen LogP contribution in [0.2, 0.25) is 0 Å². The van der Waals surface area contributed by atoms with Gasteiger partial charge in [-0.25, -0.2) is 8.78 Å². The summed E-state index contributed by atoms with van der Waals surface area (Å²) in [5.74, 6) is -0.646. The number of rotatable bonds is 3. The van der Waals surface area contributed by atoms with Gasteiger partial charge in [0.25, 0.3) is 0 Å². The third kappa shape index (κ3) is 2.79. The highest BCUT2D eigenvalue weighted by Crippen LogP contribution is 2.31. The third-order valence-electron chi connectivity index (χ3n) is 3.45. The van der Waals surface area contributed by atoms with Crippen molar-refractivity contribution in [3.05, 3.63) is 78.1 Å². The van der Waals surface area contributed by atoms with Crippen molar-refractivity contribution in [3.63, 3.8) is 0 Å². The van der Waals surface area contributed by atoms with E-state index >= 15 is 0 Å². The second-order valence-electron chi connectivity index (χ2n) is 4.81. The molecule has 3 aromatic rings. The van der Waals surface area contributed by atoms with Crippen LogP contribution in [0.5, 0.6) is 0 Å². The largest absolute Gasteiger partial charge is 0.259 e. The van der Waals surface area contributed by atoms with Crippen LogP contribution in [0.15, 0.2) is 60.8 Å². The maximum Gasteiger partial charge on any atom is 0.131 e. The van der Waals surface area contributed by atoms with E-state index in [1.165, 1.54) is 12.1 Å². The van der Waals surface area contributed by atoms with E-state index in [1.54, 1.807) is 48.7 Å². The maximum atomic E-state index is 14.1. The zero-order chi connectivity index (χ0) is 15.5. The average Bonchev–Trinajstić information content (AvgIpc) is 2.55. The van der Waals surface area contributed by atoms with Gasteiger partial charge in [0.15, 0.2) is 0 Å². The Morgan fingerprint density at radius 2 is 1.41 bits per heavy atom. The van der Waals surface area contributed by atoms with Crippen LogP contribution < -0.4 is 0 Å². The van der Waals surface area contributed by atoms with Gasteiger partial charge in [0.05, 0.1) is 5.69 Å². The van der Waals surface area contributed by atoms with E-state index < -0.39 is 0 Å². The molecule has 2 aromatic carbocycles. The first-order chi connectivity index (χ1) is 10.7. The molecule has 4 heteroatoms. The summed E-state index contributed by atoms with van der Waals surface area (Å²) in [5, 5.41) is 0.494. The lowest BCUT2D eigenvalue weighted by molar-refractivity contribution is 0.631. The molecule has 0 saturated carbocycles. The summed E-state index contributed by atoms with van der Waals surface area (Å²) in [4.78, 5) is 4.35. The molecule has 0 saturated heterocycles. The SMILES string of the molecule is Fc1ccccc1-c1cnc(CBr)c(-c2ccccc2F)c1. The Bertz CT molecular complexity index is 818. The lowest BCUT2D eigenvalue weighted by Gasteiger charge is -2.11. The first-order valence-electron chi connectivity index (χ1n) is 6.75. The van der Waals surface area contributed by atoms with Crippen molar-refractivity contribution >= 4 is 15.9 Å². The molecule has 0 aliphatic heterocycles. The van der Waals surface area contributed by atoms with E-state index in [0.717, 1.165) is 0 Å². The molecule has 0 radical (unpaired) electrons. The third-order valence-corrected chi connectivity index (χ3v) is 3.98. The second-order valence-corrected chi connectivity index (χ2v) is 5.37. The van der Waals surface area contributed by atoms with Crippen molar-refractivity contribution in [1.29, 1.82) is 0 Å². The van der Waals surface area contributed by atoms with Gasteiger partial charge in [-0.1, -0.05) is 52.3 Å². The van der Waals surface area contributed by atoms with E-state index in [1.807, 2.05) is 0 Å². The number of hydrogen-bond donors (Lipinski definition) is 0. The van der Waals surface area contributed by atoms with Crippen LogP contribution in [0.25, 0.3) is 22.3 Å². The van der Waals surface area contributed by atoms with Gasteiger partial charge in [-0.15, -0.1) is 0 Å². The number of pyridine rings is 1. The van der Waals surface area contributed by atoms with Crippen LogP contribution in [0, 0.1) is 11.6 Å². The first-order valence-corrected chi connectivity index (χ1v) is 7.87. The highest BCUT2D eigenvalue weighted by molar-refractivity contribution is 9.08. The number of benzene rings is 2. The fourth-order valence-corrected chi connectivity index (χ4v) is 2.80. The fourth-order valence-electron chi connectivity index (χ4n) is 2.36. The van der Waals surface area contributed by atoms with Crippen LogP contribution in [0.1, 0.15) is 5.69 Å². The summed E-state index contributed by atoms with van der Waals surface area (Å²) >= 11 is 3.37. The normalized spacial score (nSPS) is 10.7. The summed E-state index contributed by atoms with van der Waals surface area (Å²) < 4.78 is 28.0. The minimum absolute atomic E-state index is 0.322. The van der Waals surface area contributed by atoms with Crippen molar-refractivity contribution in [2.24, 2.45) is 0 Å². The number of halogens is 3. The Kier molecular flexibility index (Phi) is 4.29. The molecule has 0 N–H and O–H groups in total. The number of nitrogens with zero attached hydrogens (tertiary/aromatic N) is 1. The molecule has 0 aliphatic carbocycles. The molecule has 1 aromatic heterocycles. The Morgan fingerprint density at radius 3 is 2.00 bits per heavy atom. The molecule has 0 spiro atoms. The van der Waals surface area contributed by atoms with Gasteiger partial charge in [0, 0.05) is 33.8 Å². The number of alkyl halides is 1. The predicted molar refractivity (Wildman–Crippen MR) is 87.7 cm³/mol. The molecular formula is C18H12BrF2N. The van der Waals surface area contributed by atoms with Crippen molar-refractivity contribution in [2.45, 2.75) is 5.33 Å². The molecule has 0 aliphatic rings. The zero-order valence-corrected chi connectivity index (χ0v) is 13.1. The average molecular weight is 360 g/mol. The summed E-state index contributed by atoms with van der Waals surface area (Å²) in [7, 11) is 0. The standard InChI is InChI=1S/C18H12BrF2N/c19-10-18-15(14-6-2-4-8-17(14)21)9-12(11-22-18)13-5-1-3-7-16(13)20/h1-9,11H,10H2. The molecule has 0 atom stereocenters. The Hall–Kier alpha value is -2.07. The van der Waals surface area contributed by atoms with Crippen LogP contribution in [0.4, 0.5) is 8.78 Å². The summed E-state index contributed by atoms with van der Waals surface area (Å²) in [6.07, 6.45) is 1.61. The summed E-state index contributed by atoms with van der Waals surface area (Å²) in [6, 6.07) is 14.8. The molecule has 22 heavy (non-hydrogen) atoms. The Morgan fingerprint density at radius 1 is 0.818 bits per heavy atom. The van der Waals surface area contributed by atoms with Gasteiger partial charge in [-0.05, 0) is 18.2 Å². The molecule has 1 heterocycles. The minimum Gasteiger partial charge on any atom is -0.259 e. The van der Waals surface area contributed by atoms with Gasteiger partial charge in [-0.3, -0.25) is 4.98 Å². The van der Waals surface area contributed by atoms with Crippen LogP contribution in [-0.2, 0) is 5.33 Å². The quantitative estimate of drug-likeness (QED) is 0.555. The van der Waals surface area contributed by atoms with Gasteiger partial charge in [0.1, 0.15) is 11.6 Å². The monoisotopic (exact) mass is 359 g/mol. The van der Waals surface area contributed by atoms with Crippen LogP contribution in [0.3, 0.4) is 0 Å². The summed E-state index contributed by atoms with van der Waals surface area (Å²) in [5.41, 5.74) is 2.92. The van der Waals surface area contributed by atoms with Crippen molar-refractivity contribution < 1.29 is 8.78 Å². The molecule has 0 amide bonds. The van der Waals surface area contributed by atoms with Crippen molar-refractivity contribution in [1.82, 2.24) is 4.98 Å². The Balaban J connectivity index is 2.20. The van der Waals surface area contributed by atoms with E-state index in [0.29, 0.717) is 33.3 Å². The van der Waals surface area contributed by atoms with Gasteiger partial charge >= 0.3 is 0 Å². The highest BCUT2D eigenvalue weighted by Gasteiger charge is 2.13. The lowest BCUT2D eigenvalue weighted by atomic mass is 9.99. The van der Waals surface area contributed by atoms with E-state index in [9.17, 15) is 8.78 Å². The van der Waals surface area contributed by atoms with Gasteiger partial charge < -0.3 is 0 Å². The molecule has 0 bridgehead atoms. The van der Waals surface area contributed by atoms with Gasteiger partial charge in [0.2, 0.25) is 0 Å². The van der Waals surface area contributed by atoms with Gasteiger partial charge in [-0.2, -0.15) is 0 Å². The molecule has 110 valence electrons. The van der Waals surface area contributed by atoms with E-state index in [4.69, 9.17) is 0 Å². The second kappa shape index (κ2) is 6.36. The lowest BCUT2D eigenvalue weighted by Crippen LogP contribution is -1.95. The molecule has 3 rings (SSSR count). The van der Waals surface area contributed by atoms with Crippen molar-refractivity contribution in [3.8, 4) is 22.3 Å². The fraction of sp³-hybridized carbons (Fsp3) is 0.0556. The summed E-state index contributed by atoms with van der Waals surface area (Å²) in [6.45, 7) is 0. The van der Waals surface area contributed by atoms with E-state index in [-0.39, 0.29) is 11.6 Å². The molecule has 0 unspecified atom stereocenters. The zero-order valence-electron chi connectivity index (χ0n) is 11.6. The maximum absolute atomic E-state index is 14.1. The predicted octanol–water partition coefficient (Wildman–Crippen LogP) is 5.59.